The summed E-state index contributed by atoms with van der Waals surface area (Å²) in [6, 6.07) is 16.0. The van der Waals surface area contributed by atoms with Gasteiger partial charge in [0.05, 0.1) is 6.42 Å². The van der Waals surface area contributed by atoms with Gasteiger partial charge in [-0.15, -0.1) is 0 Å². The van der Waals surface area contributed by atoms with Crippen molar-refractivity contribution >= 4 is 23.0 Å². The van der Waals surface area contributed by atoms with Crippen LogP contribution >= 0.6 is 0 Å². The molecular formula is C23H26N2O2. The minimum Gasteiger partial charge on any atom is -0.388 e. The number of nitrogens with two attached hydrogens (primary N) is 1. The number of benzene rings is 2. The van der Waals surface area contributed by atoms with Gasteiger partial charge in [0, 0.05) is 12.7 Å². The van der Waals surface area contributed by atoms with Gasteiger partial charge in [0.2, 0.25) is 5.91 Å². The van der Waals surface area contributed by atoms with E-state index < -0.39 is 0 Å². The molecule has 0 spiro atoms. The van der Waals surface area contributed by atoms with E-state index in [4.69, 9.17) is 5.73 Å². The van der Waals surface area contributed by atoms with Crippen LogP contribution in [0.3, 0.4) is 0 Å². The second-order valence-corrected chi connectivity index (χ2v) is 6.44. The molecule has 2 rings (SSSR count). The minimum atomic E-state index is -0.360. The van der Waals surface area contributed by atoms with Gasteiger partial charge in [0.25, 0.3) is 0 Å². The molecule has 4 nitrogen and oxygen atoms in total. The Hall–Kier alpha value is -3.14. The quantitative estimate of drug-likeness (QED) is 0.525. The fraction of sp³-hybridized carbons (Fsp3) is 0.217. The Bertz CT molecular complexity index is 866. The van der Waals surface area contributed by atoms with E-state index in [1.165, 1.54) is 12.5 Å². The number of rotatable bonds is 9. The lowest BCUT2D eigenvalue weighted by molar-refractivity contribution is -0.117. The molecule has 3 N–H and O–H groups in total. The molecule has 2 aromatic rings. The first-order valence-electron chi connectivity index (χ1n) is 9.01. The summed E-state index contributed by atoms with van der Waals surface area (Å²) in [5.41, 5.74) is 10.4. The van der Waals surface area contributed by atoms with Gasteiger partial charge in [-0.05, 0) is 60.2 Å². The van der Waals surface area contributed by atoms with Crippen molar-refractivity contribution in [1.82, 2.24) is 0 Å². The van der Waals surface area contributed by atoms with Crippen molar-refractivity contribution in [3.05, 3.63) is 83.4 Å². The van der Waals surface area contributed by atoms with Crippen molar-refractivity contribution in [2.45, 2.75) is 26.2 Å². The van der Waals surface area contributed by atoms with Gasteiger partial charge in [-0.2, -0.15) is 0 Å². The second-order valence-electron chi connectivity index (χ2n) is 6.44. The van der Waals surface area contributed by atoms with Crippen molar-refractivity contribution in [2.24, 2.45) is 5.73 Å². The number of aryl methyl sites for hydroxylation is 1. The predicted molar refractivity (Wildman–Crippen MR) is 111 cm³/mol. The third-order valence-electron chi connectivity index (χ3n) is 4.15. The zero-order chi connectivity index (χ0) is 19.6. The highest BCUT2D eigenvalue weighted by Gasteiger charge is 2.03. The monoisotopic (exact) mass is 362 g/mol. The van der Waals surface area contributed by atoms with Crippen LogP contribution in [0.1, 0.15) is 30.0 Å². The molecule has 4 heteroatoms. The molecule has 0 aromatic heterocycles. The van der Waals surface area contributed by atoms with Crippen LogP contribution in [0.15, 0.2) is 66.8 Å². The van der Waals surface area contributed by atoms with Crippen LogP contribution in [0.4, 0.5) is 5.69 Å². The highest BCUT2D eigenvalue weighted by atomic mass is 16.1. The topological polar surface area (TPSA) is 72.2 Å². The standard InChI is InChI=1S/C23H26N2O2/c1-17(26)12-13-20(21-10-4-8-19(14-21)16-23(24)27)9-3-6-18-7-5-11-22(15-18)25-2/h4-5,7-15,25H,3,6,16H2,1-2H3,(H2,24,27)/b13-12-,20-9+. The first-order chi connectivity index (χ1) is 13.0. The summed E-state index contributed by atoms with van der Waals surface area (Å²) in [7, 11) is 1.91. The lowest BCUT2D eigenvalue weighted by atomic mass is 9.99. The molecule has 0 bridgehead atoms. The van der Waals surface area contributed by atoms with E-state index in [-0.39, 0.29) is 18.1 Å². The number of primary amides is 1. The van der Waals surface area contributed by atoms with E-state index in [0.717, 1.165) is 35.2 Å². The van der Waals surface area contributed by atoms with Crippen LogP contribution < -0.4 is 11.1 Å². The van der Waals surface area contributed by atoms with Crippen LogP contribution in [0.5, 0.6) is 0 Å². The van der Waals surface area contributed by atoms with Crippen LogP contribution in [-0.2, 0) is 22.4 Å². The molecule has 0 unspecified atom stereocenters. The third kappa shape index (κ3) is 6.94. The molecule has 2 aromatic carbocycles. The van der Waals surface area contributed by atoms with Crippen molar-refractivity contribution in [3.8, 4) is 0 Å². The first-order valence-corrected chi connectivity index (χ1v) is 9.01. The van der Waals surface area contributed by atoms with E-state index >= 15 is 0 Å². The Morgan fingerprint density at radius 1 is 1.04 bits per heavy atom. The number of ketones is 1. The minimum absolute atomic E-state index is 0.00379. The normalized spacial score (nSPS) is 11.6. The lowest BCUT2D eigenvalue weighted by Gasteiger charge is -2.07. The van der Waals surface area contributed by atoms with Gasteiger partial charge in [-0.25, -0.2) is 0 Å². The largest absolute Gasteiger partial charge is 0.388 e. The van der Waals surface area contributed by atoms with E-state index in [0.29, 0.717) is 0 Å². The Morgan fingerprint density at radius 2 is 1.78 bits per heavy atom. The number of carbonyl (C=O) groups is 2. The molecular weight excluding hydrogens is 336 g/mol. The van der Waals surface area contributed by atoms with Crippen molar-refractivity contribution < 1.29 is 9.59 Å². The number of allylic oxidation sites excluding steroid dienone is 4. The molecule has 140 valence electrons. The summed E-state index contributed by atoms with van der Waals surface area (Å²) in [6.45, 7) is 1.53. The molecule has 27 heavy (non-hydrogen) atoms. The summed E-state index contributed by atoms with van der Waals surface area (Å²) < 4.78 is 0. The third-order valence-corrected chi connectivity index (χ3v) is 4.15. The van der Waals surface area contributed by atoms with Crippen LogP contribution in [-0.4, -0.2) is 18.7 Å². The molecule has 0 saturated heterocycles. The molecule has 0 heterocycles. The number of amides is 1. The van der Waals surface area contributed by atoms with Crippen LogP contribution in [0.2, 0.25) is 0 Å². The smallest absolute Gasteiger partial charge is 0.221 e. The van der Waals surface area contributed by atoms with E-state index in [1.54, 1.807) is 6.08 Å². The average Bonchev–Trinajstić information content (AvgIpc) is 2.64. The van der Waals surface area contributed by atoms with Crippen molar-refractivity contribution in [2.75, 3.05) is 12.4 Å². The Labute approximate surface area is 160 Å². The van der Waals surface area contributed by atoms with Gasteiger partial charge in [-0.3, -0.25) is 9.59 Å². The van der Waals surface area contributed by atoms with E-state index in [2.05, 4.69) is 23.5 Å². The zero-order valence-corrected chi connectivity index (χ0v) is 15.9. The summed E-state index contributed by atoms with van der Waals surface area (Å²) in [5, 5.41) is 3.15. The molecule has 0 aliphatic carbocycles. The summed E-state index contributed by atoms with van der Waals surface area (Å²) in [6.07, 6.45) is 7.45. The Kier molecular flexibility index (Phi) is 7.56. The van der Waals surface area contributed by atoms with Crippen LogP contribution in [0, 0.1) is 0 Å². The molecule has 1 amide bonds. The number of hydrogen-bond donors (Lipinski definition) is 2. The molecule has 0 fully saturated rings. The summed E-state index contributed by atoms with van der Waals surface area (Å²) in [4.78, 5) is 22.6. The number of anilines is 1. The SMILES string of the molecule is CNc1cccc(CC/C=C(\C=C/C(C)=O)c2cccc(CC(N)=O)c2)c1. The maximum Gasteiger partial charge on any atom is 0.221 e. The Balaban J connectivity index is 2.21. The molecule has 0 saturated carbocycles. The number of nitrogens with one attached hydrogen (secondary N) is 1. The fourth-order valence-electron chi connectivity index (χ4n) is 2.83. The molecule has 0 atom stereocenters. The van der Waals surface area contributed by atoms with Crippen molar-refractivity contribution in [3.63, 3.8) is 0 Å². The molecule has 0 aliphatic heterocycles. The van der Waals surface area contributed by atoms with Crippen molar-refractivity contribution in [1.29, 1.82) is 0 Å². The van der Waals surface area contributed by atoms with Gasteiger partial charge >= 0.3 is 0 Å². The van der Waals surface area contributed by atoms with Crippen LogP contribution in [0.25, 0.3) is 5.57 Å². The maximum absolute atomic E-state index is 11.4. The highest BCUT2D eigenvalue weighted by Crippen LogP contribution is 2.20. The molecule has 0 aliphatic rings. The number of carbonyl (C=O) groups excluding carboxylic acids is 2. The lowest BCUT2D eigenvalue weighted by Crippen LogP contribution is -2.13. The Morgan fingerprint density at radius 3 is 2.48 bits per heavy atom. The fourth-order valence-corrected chi connectivity index (χ4v) is 2.83. The highest BCUT2D eigenvalue weighted by molar-refractivity contribution is 5.91. The summed E-state index contributed by atoms with van der Waals surface area (Å²) in [5.74, 6) is -0.364. The van der Waals surface area contributed by atoms with E-state index in [9.17, 15) is 9.59 Å². The van der Waals surface area contributed by atoms with Gasteiger partial charge in [-0.1, -0.05) is 48.6 Å². The maximum atomic E-state index is 11.4. The van der Waals surface area contributed by atoms with Gasteiger partial charge in [0.15, 0.2) is 5.78 Å². The zero-order valence-electron chi connectivity index (χ0n) is 15.9. The predicted octanol–water partition coefficient (Wildman–Crippen LogP) is 3.92. The average molecular weight is 362 g/mol. The molecule has 0 radical (unpaired) electrons. The van der Waals surface area contributed by atoms with E-state index in [1.807, 2.05) is 49.5 Å². The first kappa shape index (κ1) is 20.2. The van der Waals surface area contributed by atoms with Gasteiger partial charge in [0.1, 0.15) is 0 Å². The number of hydrogen-bond acceptors (Lipinski definition) is 3. The second kappa shape index (κ2) is 10.1. The summed E-state index contributed by atoms with van der Waals surface area (Å²) >= 11 is 0. The van der Waals surface area contributed by atoms with Gasteiger partial charge < -0.3 is 11.1 Å².